The monoisotopic (exact) mass is 481 g/mol. The van der Waals surface area contributed by atoms with Crippen molar-refractivity contribution in [3.05, 3.63) is 53.6 Å². The van der Waals surface area contributed by atoms with Gasteiger partial charge in [0.1, 0.15) is 11.6 Å². The van der Waals surface area contributed by atoms with Gasteiger partial charge in [0.05, 0.1) is 21.8 Å². The molecule has 0 aromatic heterocycles. The predicted molar refractivity (Wildman–Crippen MR) is 119 cm³/mol. The molecule has 0 saturated carbocycles. The molecular weight excluding hydrogens is 456 g/mol. The van der Waals surface area contributed by atoms with Gasteiger partial charge in [0.15, 0.2) is 6.10 Å². The van der Waals surface area contributed by atoms with Gasteiger partial charge < -0.3 is 15.0 Å². The molecule has 0 spiro atoms. The Kier molecular flexibility index (Phi) is 7.33. The standard InChI is InChI=1S/C22H25F2N3O5S/c1-14(21(28)25-19-12-15(23)6-8-18(19)24)32-22(29)17-13-16(33(30,31)26(2)3)7-9-20(17)27-10-4-5-11-27/h6-9,12-14H,4-5,10-11H2,1-3H3,(H,25,28). The van der Waals surface area contributed by atoms with E-state index in [4.69, 9.17) is 4.74 Å². The maximum Gasteiger partial charge on any atom is 0.341 e. The topological polar surface area (TPSA) is 96.0 Å². The van der Waals surface area contributed by atoms with Crippen LogP contribution in [0.3, 0.4) is 0 Å². The van der Waals surface area contributed by atoms with Crippen LogP contribution >= 0.6 is 0 Å². The highest BCUT2D eigenvalue weighted by atomic mass is 32.2. The second-order valence-electron chi connectivity index (χ2n) is 7.82. The van der Waals surface area contributed by atoms with Crippen LogP contribution in [0.25, 0.3) is 0 Å². The van der Waals surface area contributed by atoms with Gasteiger partial charge in [0, 0.05) is 33.3 Å². The van der Waals surface area contributed by atoms with Crippen LogP contribution in [0.4, 0.5) is 20.2 Å². The average molecular weight is 482 g/mol. The van der Waals surface area contributed by atoms with Crippen LogP contribution in [0.1, 0.15) is 30.1 Å². The molecule has 33 heavy (non-hydrogen) atoms. The molecule has 1 fully saturated rings. The quantitative estimate of drug-likeness (QED) is 0.611. The lowest BCUT2D eigenvalue weighted by molar-refractivity contribution is -0.123. The van der Waals surface area contributed by atoms with E-state index < -0.39 is 39.6 Å². The van der Waals surface area contributed by atoms with Crippen molar-refractivity contribution in [2.45, 2.75) is 30.8 Å². The van der Waals surface area contributed by atoms with Crippen molar-refractivity contribution in [2.75, 3.05) is 37.4 Å². The molecule has 1 aliphatic rings. The Morgan fingerprint density at radius 1 is 1.09 bits per heavy atom. The van der Waals surface area contributed by atoms with Crippen LogP contribution in [0.5, 0.6) is 0 Å². The molecule has 11 heteroatoms. The number of hydrogen-bond donors (Lipinski definition) is 1. The molecule has 0 bridgehead atoms. The van der Waals surface area contributed by atoms with Crippen molar-refractivity contribution < 1.29 is 31.5 Å². The first kappa shape index (κ1) is 24.6. The van der Waals surface area contributed by atoms with E-state index in [9.17, 15) is 26.8 Å². The summed E-state index contributed by atoms with van der Waals surface area (Å²) in [5.74, 6) is -3.37. The third kappa shape index (κ3) is 5.48. The number of amides is 1. The summed E-state index contributed by atoms with van der Waals surface area (Å²) in [5, 5.41) is 2.18. The Morgan fingerprint density at radius 3 is 2.39 bits per heavy atom. The number of esters is 1. The minimum atomic E-state index is -3.82. The van der Waals surface area contributed by atoms with Crippen LogP contribution in [0.15, 0.2) is 41.3 Å². The van der Waals surface area contributed by atoms with Crippen molar-refractivity contribution in [3.63, 3.8) is 0 Å². The number of hydrogen-bond acceptors (Lipinski definition) is 6. The van der Waals surface area contributed by atoms with Crippen LogP contribution in [-0.2, 0) is 19.6 Å². The lowest BCUT2D eigenvalue weighted by Gasteiger charge is -2.23. The highest BCUT2D eigenvalue weighted by Gasteiger charge is 2.27. The summed E-state index contributed by atoms with van der Waals surface area (Å²) in [4.78, 5) is 27.2. The number of ether oxygens (including phenoxy) is 1. The van der Waals surface area contributed by atoms with Crippen LogP contribution in [0, 0.1) is 11.6 Å². The molecule has 178 valence electrons. The number of sulfonamides is 1. The van der Waals surface area contributed by atoms with Crippen LogP contribution in [0.2, 0.25) is 0 Å². The van der Waals surface area contributed by atoms with Gasteiger partial charge in [-0.1, -0.05) is 0 Å². The summed E-state index contributed by atoms with van der Waals surface area (Å²) in [6.07, 6.45) is 0.481. The van der Waals surface area contributed by atoms with E-state index >= 15 is 0 Å². The zero-order valence-electron chi connectivity index (χ0n) is 18.5. The smallest absolute Gasteiger partial charge is 0.341 e. The molecule has 1 N–H and O–H groups in total. The van der Waals surface area contributed by atoms with E-state index in [1.165, 1.54) is 33.2 Å². The summed E-state index contributed by atoms with van der Waals surface area (Å²) in [6, 6.07) is 6.77. The number of anilines is 2. The van der Waals surface area contributed by atoms with Crippen LogP contribution < -0.4 is 10.2 Å². The maximum absolute atomic E-state index is 13.8. The SMILES string of the molecule is CC(OC(=O)c1cc(S(=O)(=O)N(C)C)ccc1N1CCCC1)C(=O)Nc1cc(F)ccc1F. The van der Waals surface area contributed by atoms with Gasteiger partial charge in [-0.15, -0.1) is 0 Å². The van der Waals surface area contributed by atoms with E-state index in [0.29, 0.717) is 18.8 Å². The zero-order chi connectivity index (χ0) is 24.3. The van der Waals surface area contributed by atoms with Gasteiger partial charge in [0.2, 0.25) is 10.0 Å². The van der Waals surface area contributed by atoms with Gasteiger partial charge in [-0.3, -0.25) is 4.79 Å². The number of carbonyl (C=O) groups is 2. The Balaban J connectivity index is 1.86. The minimum absolute atomic E-state index is 0.00332. The molecule has 1 heterocycles. The van der Waals surface area contributed by atoms with Crippen molar-refractivity contribution in [2.24, 2.45) is 0 Å². The number of benzene rings is 2. The van der Waals surface area contributed by atoms with Gasteiger partial charge in [-0.25, -0.2) is 26.3 Å². The van der Waals surface area contributed by atoms with Gasteiger partial charge in [-0.05, 0) is 50.1 Å². The first-order valence-corrected chi connectivity index (χ1v) is 11.7. The number of nitrogens with one attached hydrogen (secondary N) is 1. The lowest BCUT2D eigenvalue weighted by Crippen LogP contribution is -2.31. The Hall–Kier alpha value is -3.05. The fourth-order valence-corrected chi connectivity index (χ4v) is 4.32. The molecular formula is C22H25F2N3O5S. The molecule has 1 amide bonds. The Labute approximate surface area is 191 Å². The Morgan fingerprint density at radius 2 is 1.76 bits per heavy atom. The van der Waals surface area contributed by atoms with Gasteiger partial charge >= 0.3 is 5.97 Å². The molecule has 1 unspecified atom stereocenters. The molecule has 1 aliphatic heterocycles. The highest BCUT2D eigenvalue weighted by Crippen LogP contribution is 2.29. The summed E-state index contributed by atoms with van der Waals surface area (Å²) in [6.45, 7) is 2.66. The first-order chi connectivity index (χ1) is 15.5. The molecule has 2 aromatic carbocycles. The normalized spacial score (nSPS) is 14.9. The molecule has 3 rings (SSSR count). The lowest BCUT2D eigenvalue weighted by atomic mass is 10.1. The van der Waals surface area contributed by atoms with Crippen molar-refractivity contribution in [3.8, 4) is 0 Å². The number of halogens is 2. The Bertz CT molecular complexity index is 1160. The van der Waals surface area contributed by atoms with Crippen molar-refractivity contribution in [1.29, 1.82) is 0 Å². The second-order valence-corrected chi connectivity index (χ2v) is 9.97. The van der Waals surface area contributed by atoms with Crippen LogP contribution in [-0.4, -0.2) is 57.9 Å². The fraction of sp³-hybridized carbons (Fsp3) is 0.364. The molecule has 0 aliphatic carbocycles. The molecule has 2 aromatic rings. The minimum Gasteiger partial charge on any atom is -0.449 e. The molecule has 8 nitrogen and oxygen atoms in total. The number of nitrogens with zero attached hydrogens (tertiary/aromatic N) is 2. The summed E-state index contributed by atoms with van der Waals surface area (Å²) in [5.41, 5.74) is 0.107. The highest BCUT2D eigenvalue weighted by molar-refractivity contribution is 7.89. The zero-order valence-corrected chi connectivity index (χ0v) is 19.3. The third-order valence-electron chi connectivity index (χ3n) is 5.25. The predicted octanol–water partition coefficient (Wildman–Crippen LogP) is 3.00. The summed E-state index contributed by atoms with van der Waals surface area (Å²) < 4.78 is 58.6. The van der Waals surface area contributed by atoms with E-state index in [0.717, 1.165) is 35.3 Å². The van der Waals surface area contributed by atoms with E-state index in [1.54, 1.807) is 6.07 Å². The second kappa shape index (κ2) is 9.84. The summed E-state index contributed by atoms with van der Waals surface area (Å²) >= 11 is 0. The summed E-state index contributed by atoms with van der Waals surface area (Å²) in [7, 11) is -1.07. The third-order valence-corrected chi connectivity index (χ3v) is 7.06. The maximum atomic E-state index is 13.8. The molecule has 0 radical (unpaired) electrons. The first-order valence-electron chi connectivity index (χ1n) is 10.3. The molecule has 1 saturated heterocycles. The number of rotatable bonds is 7. The number of carbonyl (C=O) groups excluding carboxylic acids is 2. The van der Waals surface area contributed by atoms with Gasteiger partial charge in [0.25, 0.3) is 5.91 Å². The van der Waals surface area contributed by atoms with Gasteiger partial charge in [-0.2, -0.15) is 0 Å². The largest absolute Gasteiger partial charge is 0.449 e. The van der Waals surface area contributed by atoms with E-state index in [-0.39, 0.29) is 16.1 Å². The van der Waals surface area contributed by atoms with E-state index in [2.05, 4.69) is 5.32 Å². The average Bonchev–Trinajstić information content (AvgIpc) is 3.30. The fourth-order valence-electron chi connectivity index (χ4n) is 3.39. The molecule has 1 atom stereocenters. The van der Waals surface area contributed by atoms with Crippen molar-refractivity contribution in [1.82, 2.24) is 4.31 Å². The van der Waals surface area contributed by atoms with Crippen molar-refractivity contribution >= 4 is 33.3 Å². The van der Waals surface area contributed by atoms with E-state index in [1.807, 2.05) is 4.90 Å².